The van der Waals surface area contributed by atoms with Gasteiger partial charge in [-0.3, -0.25) is 14.5 Å². The van der Waals surface area contributed by atoms with E-state index in [9.17, 15) is 14.7 Å². The van der Waals surface area contributed by atoms with Gasteiger partial charge in [-0.1, -0.05) is 69.4 Å². The number of anilines is 1. The number of carbonyl (C=O) groups excluding carboxylic acids is 2. The molecule has 5 rings (SSSR count). The molecule has 1 aromatic heterocycles. The predicted octanol–water partition coefficient (Wildman–Crippen LogP) is 7.18. The Morgan fingerprint density at radius 1 is 1.00 bits per heavy atom. The molecular weight excluding hydrogens is 508 g/mol. The van der Waals surface area contributed by atoms with Crippen LogP contribution in [0.3, 0.4) is 0 Å². The Labute approximate surface area is 232 Å². The molecule has 1 aliphatic rings. The van der Waals surface area contributed by atoms with Crippen LogP contribution in [0.4, 0.5) is 5.13 Å². The lowest BCUT2D eigenvalue weighted by Crippen LogP contribution is -2.29. The fourth-order valence-corrected chi connectivity index (χ4v) is 5.88. The van der Waals surface area contributed by atoms with Gasteiger partial charge in [-0.25, -0.2) is 4.98 Å². The molecule has 1 N–H and O–H groups in total. The van der Waals surface area contributed by atoms with E-state index in [0.29, 0.717) is 23.1 Å². The van der Waals surface area contributed by atoms with Crippen LogP contribution in [0.2, 0.25) is 0 Å². The first kappa shape index (κ1) is 26.6. The van der Waals surface area contributed by atoms with Crippen molar-refractivity contribution in [3.8, 4) is 5.75 Å². The minimum atomic E-state index is -0.822. The first-order valence-corrected chi connectivity index (χ1v) is 14.0. The summed E-state index contributed by atoms with van der Waals surface area (Å²) in [5.74, 6) is -1.01. The number of rotatable bonds is 6. The lowest BCUT2D eigenvalue weighted by atomic mass is 9.85. The molecule has 1 fully saturated rings. The number of ether oxygens (including phenoxy) is 1. The Balaban J connectivity index is 1.67. The van der Waals surface area contributed by atoms with Crippen LogP contribution in [0.25, 0.3) is 16.0 Å². The third-order valence-corrected chi connectivity index (χ3v) is 8.05. The maximum Gasteiger partial charge on any atom is 0.301 e. The maximum atomic E-state index is 13.6. The second-order valence-electron chi connectivity index (χ2n) is 10.7. The zero-order chi connectivity index (χ0) is 27.9. The summed E-state index contributed by atoms with van der Waals surface area (Å²) >= 11 is 1.37. The highest BCUT2D eigenvalue weighted by atomic mass is 32.1. The van der Waals surface area contributed by atoms with Crippen molar-refractivity contribution < 1.29 is 19.4 Å². The van der Waals surface area contributed by atoms with Crippen LogP contribution in [-0.4, -0.2) is 28.4 Å². The second-order valence-corrected chi connectivity index (χ2v) is 11.7. The van der Waals surface area contributed by atoms with Gasteiger partial charge in [0, 0.05) is 5.56 Å². The predicted molar refractivity (Wildman–Crippen MR) is 157 cm³/mol. The van der Waals surface area contributed by atoms with E-state index in [0.717, 1.165) is 27.8 Å². The quantitative estimate of drug-likeness (QED) is 0.159. The number of aromatic nitrogens is 1. The molecule has 7 heteroatoms. The van der Waals surface area contributed by atoms with Gasteiger partial charge in [-0.15, -0.1) is 0 Å². The number of carbonyl (C=O) groups is 2. The van der Waals surface area contributed by atoms with Crippen LogP contribution in [-0.2, 0) is 21.4 Å². The zero-order valence-corrected chi connectivity index (χ0v) is 23.6. The minimum absolute atomic E-state index is 0.0428. The molecule has 0 spiro atoms. The molecule has 1 aliphatic heterocycles. The Kier molecular flexibility index (Phi) is 7.03. The van der Waals surface area contributed by atoms with Crippen molar-refractivity contribution in [2.45, 2.75) is 52.5 Å². The third kappa shape index (κ3) is 4.94. The Morgan fingerprint density at radius 3 is 2.31 bits per heavy atom. The second kappa shape index (κ2) is 10.3. The molecule has 0 bridgehead atoms. The van der Waals surface area contributed by atoms with Gasteiger partial charge in [-0.2, -0.15) is 0 Å². The van der Waals surface area contributed by atoms with Gasteiger partial charge in [0.1, 0.15) is 11.5 Å². The molecule has 3 aromatic carbocycles. The highest BCUT2D eigenvalue weighted by molar-refractivity contribution is 7.22. The number of hydrogen-bond acceptors (Lipinski definition) is 6. The van der Waals surface area contributed by atoms with Gasteiger partial charge in [-0.05, 0) is 71.8 Å². The molecule has 200 valence electrons. The first-order valence-electron chi connectivity index (χ1n) is 13.2. The molecule has 4 aromatic rings. The summed E-state index contributed by atoms with van der Waals surface area (Å²) in [7, 11) is 0. The summed E-state index contributed by atoms with van der Waals surface area (Å²) in [5.41, 5.74) is 4.20. The Hall–Kier alpha value is -3.97. The van der Waals surface area contributed by atoms with E-state index in [2.05, 4.69) is 33.8 Å². The van der Waals surface area contributed by atoms with E-state index in [1.165, 1.54) is 21.8 Å². The molecule has 2 heterocycles. The number of aliphatic hydroxyl groups is 1. The highest BCUT2D eigenvalue weighted by Crippen LogP contribution is 2.44. The van der Waals surface area contributed by atoms with Crippen molar-refractivity contribution >= 4 is 44.1 Å². The highest BCUT2D eigenvalue weighted by Gasteiger charge is 2.48. The summed E-state index contributed by atoms with van der Waals surface area (Å²) in [6, 6.07) is 20.0. The summed E-state index contributed by atoms with van der Waals surface area (Å²) in [5, 5.41) is 11.9. The van der Waals surface area contributed by atoms with Crippen LogP contribution in [0, 0.1) is 0 Å². The molecule has 0 radical (unpaired) electrons. The summed E-state index contributed by atoms with van der Waals surface area (Å²) < 4.78 is 6.46. The third-order valence-electron chi connectivity index (χ3n) is 7.03. The van der Waals surface area contributed by atoms with Gasteiger partial charge >= 0.3 is 5.91 Å². The van der Waals surface area contributed by atoms with Gasteiger partial charge in [0.15, 0.2) is 5.13 Å². The van der Waals surface area contributed by atoms with Crippen molar-refractivity contribution in [3.63, 3.8) is 0 Å². The molecule has 39 heavy (non-hydrogen) atoms. The smallest absolute Gasteiger partial charge is 0.301 e. The summed E-state index contributed by atoms with van der Waals surface area (Å²) in [6.07, 6.45) is 0.885. The van der Waals surface area contributed by atoms with E-state index in [1.54, 1.807) is 24.3 Å². The number of fused-ring (bicyclic) bond motifs is 1. The van der Waals surface area contributed by atoms with Crippen molar-refractivity contribution in [1.29, 1.82) is 0 Å². The van der Waals surface area contributed by atoms with Crippen LogP contribution < -0.4 is 9.64 Å². The average Bonchev–Trinajstić information content (AvgIpc) is 3.46. The molecule has 1 amide bonds. The monoisotopic (exact) mass is 540 g/mol. The Morgan fingerprint density at radius 2 is 1.69 bits per heavy atom. The fourth-order valence-electron chi connectivity index (χ4n) is 4.82. The number of benzene rings is 3. The molecular formula is C32H32N2O4S. The number of hydrogen-bond donors (Lipinski definition) is 1. The zero-order valence-electron chi connectivity index (χ0n) is 22.8. The molecule has 6 nitrogen and oxygen atoms in total. The molecule has 0 aliphatic carbocycles. The average molecular weight is 541 g/mol. The maximum absolute atomic E-state index is 13.6. The van der Waals surface area contributed by atoms with Gasteiger partial charge in [0.25, 0.3) is 5.78 Å². The largest absolute Gasteiger partial charge is 0.507 e. The van der Waals surface area contributed by atoms with E-state index < -0.39 is 17.7 Å². The number of Topliss-reactive ketones (excluding diaryl/α,β-unsaturated/α-hetero) is 1. The molecule has 0 saturated carbocycles. The van der Waals surface area contributed by atoms with Crippen molar-refractivity contribution in [2.75, 3.05) is 11.5 Å². The number of amides is 1. The topological polar surface area (TPSA) is 79.7 Å². The standard InChI is InChI=1S/C32H32N2O4S/c1-6-19-8-17-24-25(18-19)39-31(33-24)34-27(20-9-13-22(14-10-20)32(3,4)5)26(29(36)30(34)37)28(35)21-11-15-23(16-12-21)38-7-2/h8-18,27,35H,6-7H2,1-5H3/b28-26+. The SMILES string of the molecule is CCOc1ccc(/C(O)=C2\C(=O)C(=O)N(c3nc4ccc(CC)cc4s3)C2c2ccc(C(C)(C)C)cc2)cc1. The molecule has 1 unspecified atom stereocenters. The molecule has 1 saturated heterocycles. The van der Waals surface area contributed by atoms with E-state index in [-0.39, 0.29) is 16.7 Å². The van der Waals surface area contributed by atoms with Crippen LogP contribution in [0.5, 0.6) is 5.75 Å². The van der Waals surface area contributed by atoms with E-state index in [4.69, 9.17) is 9.72 Å². The number of thiazole rings is 1. The van der Waals surface area contributed by atoms with E-state index in [1.807, 2.05) is 43.3 Å². The van der Waals surface area contributed by atoms with Gasteiger partial charge in [0.05, 0.1) is 28.4 Å². The number of nitrogens with zero attached hydrogens (tertiary/aromatic N) is 2. The Bertz CT molecular complexity index is 1580. The summed E-state index contributed by atoms with van der Waals surface area (Å²) in [6.45, 7) is 10.9. The normalized spacial score (nSPS) is 17.3. The van der Waals surface area contributed by atoms with E-state index >= 15 is 0 Å². The van der Waals surface area contributed by atoms with Gasteiger partial charge in [0.2, 0.25) is 0 Å². The lowest BCUT2D eigenvalue weighted by molar-refractivity contribution is -0.132. The molecule has 1 atom stereocenters. The van der Waals surface area contributed by atoms with Crippen molar-refractivity contribution in [1.82, 2.24) is 4.98 Å². The van der Waals surface area contributed by atoms with Crippen LogP contribution in [0.1, 0.15) is 62.9 Å². The first-order chi connectivity index (χ1) is 18.6. The summed E-state index contributed by atoms with van der Waals surface area (Å²) in [4.78, 5) is 33.3. The fraction of sp³-hybridized carbons (Fsp3) is 0.281. The van der Waals surface area contributed by atoms with Crippen molar-refractivity contribution in [3.05, 3.63) is 94.6 Å². The van der Waals surface area contributed by atoms with Crippen LogP contribution in [0.15, 0.2) is 72.3 Å². The lowest BCUT2D eigenvalue weighted by Gasteiger charge is -2.24. The number of aryl methyl sites for hydroxylation is 1. The number of aliphatic hydroxyl groups excluding tert-OH is 1. The van der Waals surface area contributed by atoms with Crippen LogP contribution >= 0.6 is 11.3 Å². The number of ketones is 1. The van der Waals surface area contributed by atoms with Crippen molar-refractivity contribution in [2.24, 2.45) is 0 Å². The minimum Gasteiger partial charge on any atom is -0.507 e. The van der Waals surface area contributed by atoms with Gasteiger partial charge < -0.3 is 9.84 Å².